The first-order valence-corrected chi connectivity index (χ1v) is 3.31. The highest BCUT2D eigenvalue weighted by molar-refractivity contribution is 5.79. The van der Waals surface area contributed by atoms with E-state index in [4.69, 9.17) is 10.5 Å². The Bertz CT molecular complexity index is 215. The monoisotopic (exact) mass is 223 g/mol. The first-order chi connectivity index (χ1) is 5.92. The molecule has 0 fully saturated rings. The molecule has 0 amide bonds. The maximum atomic E-state index is 11.9. The fraction of sp³-hybridized carbons (Fsp3) is 0.833. The summed E-state index contributed by atoms with van der Waals surface area (Å²) < 4.78 is 71.4. The molecule has 0 radical (unpaired) electrons. The zero-order valence-electron chi connectivity index (χ0n) is 6.92. The lowest BCUT2D eigenvalue weighted by Gasteiger charge is -2.31. The molecule has 0 unspecified atom stereocenters. The van der Waals surface area contributed by atoms with Crippen LogP contribution in [0.15, 0.2) is 0 Å². The number of nitrogens with one attached hydrogen (secondary N) is 1. The van der Waals surface area contributed by atoms with Gasteiger partial charge in [0.05, 0.1) is 0 Å². The zero-order chi connectivity index (χ0) is 11.8. The van der Waals surface area contributed by atoms with Gasteiger partial charge < -0.3 is 10.5 Å². The summed E-state index contributed by atoms with van der Waals surface area (Å²) in [7, 11) is 0. The molecule has 14 heavy (non-hydrogen) atoms. The van der Waals surface area contributed by atoms with Crippen LogP contribution in [0.5, 0.6) is 0 Å². The van der Waals surface area contributed by atoms with Gasteiger partial charge in [-0.15, -0.1) is 0 Å². The molecule has 8 heteroatoms. The van der Waals surface area contributed by atoms with Crippen LogP contribution in [0.1, 0.15) is 13.3 Å². The van der Waals surface area contributed by atoms with E-state index in [2.05, 4.69) is 0 Å². The van der Waals surface area contributed by atoms with Gasteiger partial charge in [0.25, 0.3) is 5.60 Å². The molecular formula is C6H7F6NO. The number of alkyl halides is 6. The Morgan fingerprint density at radius 1 is 1.07 bits per heavy atom. The summed E-state index contributed by atoms with van der Waals surface area (Å²) in [5.74, 6) is 0. The molecule has 0 aliphatic heterocycles. The van der Waals surface area contributed by atoms with Crippen LogP contribution in [0.2, 0.25) is 0 Å². The molecule has 0 spiro atoms. The van der Waals surface area contributed by atoms with Crippen LogP contribution in [0, 0.1) is 5.41 Å². The molecule has 0 aromatic heterocycles. The normalized spacial score (nSPS) is 14.3. The van der Waals surface area contributed by atoms with Crippen molar-refractivity contribution in [2.45, 2.75) is 31.3 Å². The second-order valence-electron chi connectivity index (χ2n) is 2.81. The molecule has 0 saturated carbocycles. The number of hydrogen-bond donors (Lipinski definition) is 2. The highest BCUT2D eigenvalue weighted by atomic mass is 19.4. The van der Waals surface area contributed by atoms with Crippen molar-refractivity contribution < 1.29 is 31.4 Å². The van der Waals surface area contributed by atoms with Crippen molar-refractivity contribution in [3.63, 3.8) is 0 Å². The van der Waals surface area contributed by atoms with Crippen molar-refractivity contribution in [1.82, 2.24) is 0 Å². The third-order valence-electron chi connectivity index (χ3n) is 1.46. The fourth-order valence-corrected chi connectivity index (χ4v) is 0.745. The van der Waals surface area contributed by atoms with E-state index in [0.29, 0.717) is 0 Å². The first kappa shape index (κ1) is 13.2. The van der Waals surface area contributed by atoms with Gasteiger partial charge >= 0.3 is 12.4 Å². The lowest BCUT2D eigenvalue weighted by molar-refractivity contribution is -0.365. The summed E-state index contributed by atoms with van der Waals surface area (Å²) >= 11 is 0. The Kier molecular flexibility index (Phi) is 3.22. The predicted molar refractivity (Wildman–Crippen MR) is 35.1 cm³/mol. The van der Waals surface area contributed by atoms with Crippen molar-refractivity contribution in [2.24, 2.45) is 0 Å². The lowest BCUT2D eigenvalue weighted by Crippen LogP contribution is -2.57. The van der Waals surface area contributed by atoms with Crippen LogP contribution in [0.4, 0.5) is 26.3 Å². The van der Waals surface area contributed by atoms with Gasteiger partial charge in [0.1, 0.15) is 0 Å². The highest BCUT2D eigenvalue weighted by Crippen LogP contribution is 2.45. The van der Waals surface area contributed by atoms with Gasteiger partial charge in [-0.3, -0.25) is 0 Å². The van der Waals surface area contributed by atoms with Gasteiger partial charge in [-0.2, -0.15) is 26.3 Å². The van der Waals surface area contributed by atoms with Crippen molar-refractivity contribution >= 4 is 5.71 Å². The zero-order valence-corrected chi connectivity index (χ0v) is 6.92. The fourth-order valence-electron chi connectivity index (χ4n) is 0.745. The number of halogens is 6. The van der Waals surface area contributed by atoms with Crippen LogP contribution >= 0.6 is 0 Å². The third kappa shape index (κ3) is 2.37. The van der Waals surface area contributed by atoms with E-state index in [9.17, 15) is 26.3 Å². The van der Waals surface area contributed by atoms with Crippen molar-refractivity contribution in [1.29, 1.82) is 5.41 Å². The Hall–Kier alpha value is -0.790. The van der Waals surface area contributed by atoms with E-state index < -0.39 is 30.1 Å². The van der Waals surface area contributed by atoms with E-state index in [0.717, 1.165) is 6.92 Å². The predicted octanol–water partition coefficient (Wildman–Crippen LogP) is 2.27. The molecule has 84 valence electrons. The largest absolute Gasteiger partial charge is 0.426 e. The molecule has 0 atom stereocenters. The summed E-state index contributed by atoms with van der Waals surface area (Å²) in [6.07, 6.45) is -13.5. The minimum absolute atomic E-state index is 0.752. The molecule has 0 heterocycles. The number of aliphatic hydroxyl groups is 1. The average Bonchev–Trinajstić information content (AvgIpc) is 1.79. The van der Waals surface area contributed by atoms with Gasteiger partial charge in [-0.25, -0.2) is 0 Å². The van der Waals surface area contributed by atoms with E-state index in [-0.39, 0.29) is 0 Å². The molecule has 0 aliphatic rings. The SMILES string of the molecule is CC(=N)CC(O)(C(F)(F)F)C(F)(F)F. The molecule has 2 N–H and O–H groups in total. The standard InChI is InChI=1S/C6H7F6NO/c1-3(13)2-4(14,5(7,8)9)6(10,11)12/h13-14H,2H2,1H3. The van der Waals surface area contributed by atoms with Crippen LogP contribution in [0.3, 0.4) is 0 Å². The van der Waals surface area contributed by atoms with Crippen LogP contribution in [-0.2, 0) is 0 Å². The first-order valence-electron chi connectivity index (χ1n) is 3.31. The van der Waals surface area contributed by atoms with Crippen LogP contribution in [-0.4, -0.2) is 28.8 Å². The summed E-state index contributed by atoms with van der Waals surface area (Å²) in [5, 5.41) is 15.0. The van der Waals surface area contributed by atoms with E-state index in [1.165, 1.54) is 0 Å². The molecule has 0 aromatic rings. The summed E-state index contributed by atoms with van der Waals surface area (Å²) in [6.45, 7) is 0.752. The van der Waals surface area contributed by atoms with Gasteiger partial charge in [0.15, 0.2) is 0 Å². The Labute approximate surface area is 75.0 Å². The maximum Gasteiger partial charge on any atom is 0.426 e. The van der Waals surface area contributed by atoms with Gasteiger partial charge in [0, 0.05) is 12.1 Å². The van der Waals surface area contributed by atoms with Gasteiger partial charge in [0.2, 0.25) is 0 Å². The van der Waals surface area contributed by atoms with Crippen molar-refractivity contribution in [2.75, 3.05) is 0 Å². The Morgan fingerprint density at radius 2 is 1.36 bits per heavy atom. The minimum atomic E-state index is -5.84. The van der Waals surface area contributed by atoms with Gasteiger partial charge in [-0.1, -0.05) is 0 Å². The molecule has 0 aliphatic carbocycles. The Morgan fingerprint density at radius 3 is 1.43 bits per heavy atom. The molecule has 0 rings (SSSR count). The second-order valence-corrected chi connectivity index (χ2v) is 2.81. The van der Waals surface area contributed by atoms with Crippen LogP contribution in [0.25, 0.3) is 0 Å². The quantitative estimate of drug-likeness (QED) is 0.547. The molecule has 0 bridgehead atoms. The van der Waals surface area contributed by atoms with Crippen molar-refractivity contribution in [3.8, 4) is 0 Å². The molecule has 0 aromatic carbocycles. The molecule has 2 nitrogen and oxygen atoms in total. The topological polar surface area (TPSA) is 44.1 Å². The van der Waals surface area contributed by atoms with E-state index in [1.807, 2.05) is 0 Å². The van der Waals surface area contributed by atoms with Crippen LogP contribution < -0.4 is 0 Å². The molecular weight excluding hydrogens is 216 g/mol. The lowest BCUT2D eigenvalue weighted by atomic mass is 9.96. The molecule has 0 saturated heterocycles. The highest BCUT2D eigenvalue weighted by Gasteiger charge is 2.70. The number of rotatable bonds is 2. The van der Waals surface area contributed by atoms with E-state index in [1.54, 1.807) is 0 Å². The smallest absolute Gasteiger partial charge is 0.373 e. The Balaban J connectivity index is 5.18. The summed E-state index contributed by atoms with van der Waals surface area (Å²) in [6, 6.07) is 0. The summed E-state index contributed by atoms with van der Waals surface area (Å²) in [5.41, 5.74) is -5.73. The maximum absolute atomic E-state index is 11.9. The number of hydrogen-bond acceptors (Lipinski definition) is 2. The minimum Gasteiger partial charge on any atom is -0.373 e. The summed E-state index contributed by atoms with van der Waals surface area (Å²) in [4.78, 5) is 0. The van der Waals surface area contributed by atoms with Crippen molar-refractivity contribution in [3.05, 3.63) is 0 Å². The van der Waals surface area contributed by atoms with E-state index >= 15 is 0 Å². The second kappa shape index (κ2) is 3.41. The van der Waals surface area contributed by atoms with Gasteiger partial charge in [-0.05, 0) is 6.92 Å². The average molecular weight is 223 g/mol. The third-order valence-corrected chi connectivity index (χ3v) is 1.46.